The van der Waals surface area contributed by atoms with Crippen molar-refractivity contribution in [3.05, 3.63) is 46.3 Å². The molecule has 0 N–H and O–H groups in total. The molecule has 6 nitrogen and oxygen atoms in total. The Hall–Kier alpha value is -2.63. The molecule has 2 aromatic rings. The van der Waals surface area contributed by atoms with Gasteiger partial charge in [0.05, 0.1) is 18.8 Å². The molecule has 0 aliphatic carbocycles. The largest absolute Gasteiger partial charge is 0.494 e. The molecule has 140 valence electrons. The van der Waals surface area contributed by atoms with Crippen LogP contribution in [0.1, 0.15) is 52.7 Å². The first kappa shape index (κ1) is 19.7. The quantitative estimate of drug-likeness (QED) is 0.674. The van der Waals surface area contributed by atoms with Crippen molar-refractivity contribution < 1.29 is 18.8 Å². The first-order valence-electron chi connectivity index (χ1n) is 8.75. The van der Waals surface area contributed by atoms with Crippen LogP contribution in [0.3, 0.4) is 0 Å². The zero-order valence-electron chi connectivity index (χ0n) is 16.1. The number of ketones is 1. The molecule has 0 saturated heterocycles. The zero-order valence-corrected chi connectivity index (χ0v) is 16.1. The van der Waals surface area contributed by atoms with Gasteiger partial charge in [-0.05, 0) is 51.5 Å². The Balaban J connectivity index is 1.92. The Bertz CT molecular complexity index is 776. The zero-order chi connectivity index (χ0) is 19.3. The van der Waals surface area contributed by atoms with E-state index in [0.717, 1.165) is 22.6 Å². The Morgan fingerprint density at radius 2 is 1.92 bits per heavy atom. The lowest BCUT2D eigenvalue weighted by Crippen LogP contribution is -2.27. The third kappa shape index (κ3) is 4.71. The smallest absolute Gasteiger partial charge is 0.223 e. The minimum Gasteiger partial charge on any atom is -0.494 e. The van der Waals surface area contributed by atoms with Gasteiger partial charge in [-0.3, -0.25) is 9.59 Å². The summed E-state index contributed by atoms with van der Waals surface area (Å²) in [6.45, 7) is 8.51. The van der Waals surface area contributed by atoms with Crippen molar-refractivity contribution >= 4 is 11.7 Å². The standard InChI is InChI=1S/C20H26N2O4/c1-6-25-19-9-7-16(11-13(19)2)18(23)8-10-20(24)22(5)12-17-14(3)21-26-15(17)4/h7,9,11H,6,8,10,12H2,1-5H3. The molecule has 0 unspecified atom stereocenters. The van der Waals surface area contributed by atoms with Crippen molar-refractivity contribution in [1.29, 1.82) is 0 Å². The first-order chi connectivity index (χ1) is 12.3. The highest BCUT2D eigenvalue weighted by Crippen LogP contribution is 2.20. The van der Waals surface area contributed by atoms with Crippen molar-refractivity contribution in [2.45, 2.75) is 47.1 Å². The van der Waals surface area contributed by atoms with Crippen molar-refractivity contribution in [2.24, 2.45) is 0 Å². The van der Waals surface area contributed by atoms with E-state index in [9.17, 15) is 9.59 Å². The van der Waals surface area contributed by atoms with Gasteiger partial charge < -0.3 is 14.2 Å². The fourth-order valence-electron chi connectivity index (χ4n) is 2.75. The number of hydrogen-bond acceptors (Lipinski definition) is 5. The molecule has 6 heteroatoms. The number of amides is 1. The fraction of sp³-hybridized carbons (Fsp3) is 0.450. The summed E-state index contributed by atoms with van der Waals surface area (Å²) in [4.78, 5) is 26.3. The van der Waals surface area contributed by atoms with Crippen LogP contribution < -0.4 is 4.74 Å². The van der Waals surface area contributed by atoms with Crippen molar-refractivity contribution in [2.75, 3.05) is 13.7 Å². The highest BCUT2D eigenvalue weighted by molar-refractivity contribution is 5.98. The number of carbonyl (C=O) groups is 2. The maximum atomic E-state index is 12.4. The second-order valence-electron chi connectivity index (χ2n) is 6.39. The van der Waals surface area contributed by atoms with Gasteiger partial charge in [-0.25, -0.2) is 0 Å². The number of nitrogens with zero attached hydrogens (tertiary/aromatic N) is 2. The molecule has 26 heavy (non-hydrogen) atoms. The van der Waals surface area contributed by atoms with Crippen LogP contribution in [0, 0.1) is 20.8 Å². The molecule has 0 atom stereocenters. The molecule has 1 amide bonds. The van der Waals surface area contributed by atoms with E-state index in [1.807, 2.05) is 33.8 Å². The second-order valence-corrected chi connectivity index (χ2v) is 6.39. The lowest BCUT2D eigenvalue weighted by Gasteiger charge is -2.17. The molecule has 1 aromatic heterocycles. The normalized spacial score (nSPS) is 10.7. The monoisotopic (exact) mass is 358 g/mol. The Morgan fingerprint density at radius 3 is 2.50 bits per heavy atom. The number of benzene rings is 1. The summed E-state index contributed by atoms with van der Waals surface area (Å²) in [7, 11) is 1.72. The second kappa shape index (κ2) is 8.65. The maximum absolute atomic E-state index is 12.4. The molecular weight excluding hydrogens is 332 g/mol. The lowest BCUT2D eigenvalue weighted by molar-refractivity contribution is -0.130. The Labute approximate surface area is 154 Å². The summed E-state index contributed by atoms with van der Waals surface area (Å²) < 4.78 is 10.6. The number of carbonyl (C=O) groups excluding carboxylic acids is 2. The van der Waals surface area contributed by atoms with E-state index >= 15 is 0 Å². The van der Waals surface area contributed by atoms with Crippen LogP contribution in [0.25, 0.3) is 0 Å². The molecule has 0 saturated carbocycles. The number of rotatable bonds is 8. The summed E-state index contributed by atoms with van der Waals surface area (Å²) in [6.07, 6.45) is 0.350. The van der Waals surface area contributed by atoms with Crippen LogP contribution in [-0.4, -0.2) is 35.4 Å². The van der Waals surface area contributed by atoms with Gasteiger partial charge in [-0.1, -0.05) is 5.16 Å². The summed E-state index contributed by atoms with van der Waals surface area (Å²) in [5.74, 6) is 1.36. The SMILES string of the molecule is CCOc1ccc(C(=O)CCC(=O)N(C)Cc2c(C)noc2C)cc1C. The summed E-state index contributed by atoms with van der Waals surface area (Å²) in [5, 5.41) is 3.89. The van der Waals surface area contributed by atoms with Crippen LogP contribution in [0.2, 0.25) is 0 Å². The summed E-state index contributed by atoms with van der Waals surface area (Å²) in [5.41, 5.74) is 3.21. The number of aryl methyl sites for hydroxylation is 3. The minimum atomic E-state index is -0.0824. The van der Waals surface area contributed by atoms with E-state index in [1.54, 1.807) is 24.1 Å². The predicted molar refractivity (Wildman–Crippen MR) is 98.4 cm³/mol. The Morgan fingerprint density at radius 1 is 1.19 bits per heavy atom. The van der Waals surface area contributed by atoms with Crippen LogP contribution in [0.15, 0.2) is 22.7 Å². The average Bonchev–Trinajstić information content (AvgIpc) is 2.93. The molecule has 0 fully saturated rings. The summed E-state index contributed by atoms with van der Waals surface area (Å²) >= 11 is 0. The summed E-state index contributed by atoms with van der Waals surface area (Å²) in [6, 6.07) is 5.36. The fourth-order valence-corrected chi connectivity index (χ4v) is 2.75. The van der Waals surface area contributed by atoms with Crippen LogP contribution >= 0.6 is 0 Å². The minimum absolute atomic E-state index is 0.0461. The maximum Gasteiger partial charge on any atom is 0.223 e. The van der Waals surface area contributed by atoms with Gasteiger partial charge in [0.2, 0.25) is 5.91 Å². The molecule has 0 radical (unpaired) electrons. The van der Waals surface area contributed by atoms with Gasteiger partial charge in [-0.15, -0.1) is 0 Å². The molecule has 0 bridgehead atoms. The first-order valence-corrected chi connectivity index (χ1v) is 8.75. The van der Waals surface area contributed by atoms with E-state index < -0.39 is 0 Å². The Kier molecular flexibility index (Phi) is 6.55. The molecular formula is C20H26N2O4. The molecule has 0 aliphatic rings. The average molecular weight is 358 g/mol. The number of ether oxygens (including phenoxy) is 1. The highest BCUT2D eigenvalue weighted by atomic mass is 16.5. The molecule has 2 rings (SSSR count). The van der Waals surface area contributed by atoms with E-state index in [-0.39, 0.29) is 24.5 Å². The molecule has 0 aliphatic heterocycles. The van der Waals surface area contributed by atoms with Gasteiger partial charge in [0.15, 0.2) is 5.78 Å². The lowest BCUT2D eigenvalue weighted by atomic mass is 10.0. The van der Waals surface area contributed by atoms with Crippen LogP contribution in [0.5, 0.6) is 5.75 Å². The topological polar surface area (TPSA) is 72.6 Å². The predicted octanol–water partition coefficient (Wildman–Crippen LogP) is 3.62. The van der Waals surface area contributed by atoms with E-state index in [0.29, 0.717) is 24.5 Å². The highest BCUT2D eigenvalue weighted by Gasteiger charge is 2.17. The third-order valence-corrected chi connectivity index (χ3v) is 4.36. The van der Waals surface area contributed by atoms with Gasteiger partial charge in [0, 0.05) is 31.0 Å². The van der Waals surface area contributed by atoms with Crippen molar-refractivity contribution in [1.82, 2.24) is 10.1 Å². The van der Waals surface area contributed by atoms with Crippen LogP contribution in [0.4, 0.5) is 0 Å². The molecule has 1 aromatic carbocycles. The third-order valence-electron chi connectivity index (χ3n) is 4.36. The molecule has 0 spiro atoms. The van der Waals surface area contributed by atoms with Crippen molar-refractivity contribution in [3.63, 3.8) is 0 Å². The number of Topliss-reactive ketones (excluding diaryl/α,β-unsaturated/α-hetero) is 1. The number of aromatic nitrogens is 1. The van der Waals surface area contributed by atoms with Crippen LogP contribution in [-0.2, 0) is 11.3 Å². The number of hydrogen-bond donors (Lipinski definition) is 0. The van der Waals surface area contributed by atoms with Gasteiger partial charge >= 0.3 is 0 Å². The molecule has 1 heterocycles. The van der Waals surface area contributed by atoms with Crippen molar-refractivity contribution in [3.8, 4) is 5.75 Å². The van der Waals surface area contributed by atoms with E-state index in [1.165, 1.54) is 0 Å². The van der Waals surface area contributed by atoms with Gasteiger partial charge in [0.1, 0.15) is 11.5 Å². The van der Waals surface area contributed by atoms with Gasteiger partial charge in [-0.2, -0.15) is 0 Å². The van der Waals surface area contributed by atoms with Gasteiger partial charge in [0.25, 0.3) is 0 Å². The van der Waals surface area contributed by atoms with E-state index in [2.05, 4.69) is 5.16 Å². The van der Waals surface area contributed by atoms with E-state index in [4.69, 9.17) is 9.26 Å².